The molecule has 0 bridgehead atoms. The summed E-state index contributed by atoms with van der Waals surface area (Å²) >= 11 is 0. The minimum absolute atomic E-state index is 0.0959. The van der Waals surface area contributed by atoms with Gasteiger partial charge in [-0.25, -0.2) is 4.79 Å². The first-order valence-electron chi connectivity index (χ1n) is 8.67. The molecule has 142 valence electrons. The number of nitrogens with zero attached hydrogens (tertiary/aromatic N) is 2. The molecule has 7 nitrogen and oxygen atoms in total. The van der Waals surface area contributed by atoms with Gasteiger partial charge in [0.05, 0.1) is 22.7 Å². The largest absolute Gasteiger partial charge is 0.508 e. The second kappa shape index (κ2) is 6.66. The van der Waals surface area contributed by atoms with E-state index < -0.39 is 11.6 Å². The number of ether oxygens (including phenoxy) is 1. The molecule has 3 rings (SSSR count). The van der Waals surface area contributed by atoms with Crippen LogP contribution in [-0.4, -0.2) is 26.5 Å². The van der Waals surface area contributed by atoms with Crippen molar-refractivity contribution in [3.8, 4) is 5.75 Å². The van der Waals surface area contributed by atoms with Crippen LogP contribution in [0.4, 0.5) is 5.69 Å². The summed E-state index contributed by atoms with van der Waals surface area (Å²) in [6.45, 7) is 5.08. The van der Waals surface area contributed by atoms with Gasteiger partial charge in [0.15, 0.2) is 5.60 Å². The molecule has 0 fully saturated rings. The zero-order chi connectivity index (χ0) is 19.9. The molecule has 0 saturated carbocycles. The van der Waals surface area contributed by atoms with Gasteiger partial charge in [-0.3, -0.25) is 9.79 Å². The minimum atomic E-state index is -1.84. The summed E-state index contributed by atoms with van der Waals surface area (Å²) in [6.07, 6.45) is 0.0959. The fraction of sp³-hybridized carbons (Fsp3) is 0.350. The van der Waals surface area contributed by atoms with Crippen molar-refractivity contribution in [1.29, 1.82) is 0 Å². The number of aryl methyl sites for hydroxylation is 1. The highest BCUT2D eigenvalue weighted by Gasteiger charge is 2.44. The van der Waals surface area contributed by atoms with Gasteiger partial charge in [0.2, 0.25) is 0 Å². The molecular formula is C20H22N2O5. The van der Waals surface area contributed by atoms with Crippen LogP contribution in [-0.2, 0) is 28.8 Å². The topological polar surface area (TPSA) is 101 Å². The maximum atomic E-state index is 12.8. The Kier molecular flexibility index (Phi) is 4.65. The molecule has 1 aromatic heterocycles. The summed E-state index contributed by atoms with van der Waals surface area (Å²) in [4.78, 5) is 29.5. The highest BCUT2D eigenvalue weighted by molar-refractivity contribution is 5.99. The highest BCUT2D eigenvalue weighted by Crippen LogP contribution is 2.33. The van der Waals surface area contributed by atoms with Gasteiger partial charge >= 0.3 is 5.97 Å². The van der Waals surface area contributed by atoms with Crippen LogP contribution in [0.1, 0.15) is 42.7 Å². The predicted molar refractivity (Wildman–Crippen MR) is 100 cm³/mol. The summed E-state index contributed by atoms with van der Waals surface area (Å²) in [5, 5.41) is 20.3. The number of aromatic nitrogens is 1. The van der Waals surface area contributed by atoms with E-state index in [2.05, 4.69) is 4.99 Å². The van der Waals surface area contributed by atoms with Crippen LogP contribution >= 0.6 is 0 Å². The molecule has 1 aliphatic heterocycles. The second-order valence-corrected chi connectivity index (χ2v) is 6.74. The van der Waals surface area contributed by atoms with Gasteiger partial charge in [-0.05, 0) is 50.1 Å². The molecule has 0 unspecified atom stereocenters. The number of aliphatic hydroxyl groups is 1. The van der Waals surface area contributed by atoms with E-state index in [0.717, 1.165) is 5.56 Å². The number of phenolic OH excluding ortho intramolecular Hbond substituents is 1. The molecule has 1 atom stereocenters. The number of carbonyl (C=O) groups is 1. The van der Waals surface area contributed by atoms with Crippen molar-refractivity contribution in [2.24, 2.45) is 12.0 Å². The van der Waals surface area contributed by atoms with E-state index in [4.69, 9.17) is 4.74 Å². The number of cyclic esters (lactones) is 1. The van der Waals surface area contributed by atoms with Crippen molar-refractivity contribution in [2.75, 3.05) is 0 Å². The number of hydrogen-bond acceptors (Lipinski definition) is 6. The Balaban J connectivity index is 2.20. The number of carbonyl (C=O) groups excluding carboxylic acids is 1. The van der Waals surface area contributed by atoms with E-state index >= 15 is 0 Å². The fourth-order valence-electron chi connectivity index (χ4n) is 3.31. The van der Waals surface area contributed by atoms with Gasteiger partial charge < -0.3 is 19.5 Å². The lowest BCUT2D eigenvalue weighted by molar-refractivity contribution is -0.172. The van der Waals surface area contributed by atoms with Crippen LogP contribution in [0, 0.1) is 6.92 Å². The summed E-state index contributed by atoms with van der Waals surface area (Å²) in [7, 11) is 1.61. The second-order valence-electron chi connectivity index (χ2n) is 6.74. The minimum Gasteiger partial charge on any atom is -0.508 e. The van der Waals surface area contributed by atoms with Gasteiger partial charge in [-0.15, -0.1) is 0 Å². The van der Waals surface area contributed by atoms with Crippen LogP contribution in [0.3, 0.4) is 0 Å². The van der Waals surface area contributed by atoms with E-state index in [1.807, 2.05) is 6.92 Å². The number of hydrogen-bond donors (Lipinski definition) is 2. The SMILES string of the molecule is CC[C@@]1(O)C(=O)OCc2c1cc(/C(C)=N/c1ccc(O)cc1C)n(C)c2=O. The van der Waals surface area contributed by atoms with Gasteiger partial charge in [0.1, 0.15) is 12.4 Å². The molecule has 0 radical (unpaired) electrons. The van der Waals surface area contributed by atoms with Crippen molar-refractivity contribution in [1.82, 2.24) is 4.57 Å². The summed E-state index contributed by atoms with van der Waals surface area (Å²) in [5.41, 5.74) is 0.849. The van der Waals surface area contributed by atoms with Crippen LogP contribution in [0.15, 0.2) is 34.1 Å². The van der Waals surface area contributed by atoms with Crippen LogP contribution in [0.5, 0.6) is 5.75 Å². The third-order valence-electron chi connectivity index (χ3n) is 5.01. The molecule has 0 aliphatic carbocycles. The molecule has 0 amide bonds. The first-order valence-corrected chi connectivity index (χ1v) is 8.67. The third kappa shape index (κ3) is 3.04. The van der Waals surface area contributed by atoms with E-state index in [-0.39, 0.29) is 35.5 Å². The molecule has 0 saturated heterocycles. The summed E-state index contributed by atoms with van der Waals surface area (Å²) < 4.78 is 6.45. The summed E-state index contributed by atoms with van der Waals surface area (Å²) in [6, 6.07) is 6.46. The Bertz CT molecular complexity index is 1020. The average molecular weight is 370 g/mol. The molecular weight excluding hydrogens is 348 g/mol. The highest BCUT2D eigenvalue weighted by atomic mass is 16.6. The van der Waals surface area contributed by atoms with Gasteiger partial charge in [0.25, 0.3) is 5.56 Å². The van der Waals surface area contributed by atoms with E-state index in [9.17, 15) is 19.8 Å². The first kappa shape index (κ1) is 18.8. The number of pyridine rings is 1. The molecule has 2 N–H and O–H groups in total. The van der Waals surface area contributed by atoms with Crippen molar-refractivity contribution < 1.29 is 19.7 Å². The van der Waals surface area contributed by atoms with Crippen LogP contribution < -0.4 is 5.56 Å². The fourth-order valence-corrected chi connectivity index (χ4v) is 3.31. The number of aromatic hydroxyl groups is 1. The van der Waals surface area contributed by atoms with Crippen molar-refractivity contribution in [2.45, 2.75) is 39.4 Å². The number of fused-ring (bicyclic) bond motifs is 1. The first-order chi connectivity index (χ1) is 12.7. The number of esters is 1. The summed E-state index contributed by atoms with van der Waals surface area (Å²) in [5.74, 6) is -0.600. The number of benzene rings is 1. The molecule has 1 aliphatic rings. The Labute approximate surface area is 156 Å². The number of rotatable bonds is 3. The normalized spacial score (nSPS) is 19.6. The molecule has 2 aromatic rings. The molecule has 27 heavy (non-hydrogen) atoms. The lowest BCUT2D eigenvalue weighted by atomic mass is 9.86. The zero-order valence-corrected chi connectivity index (χ0v) is 15.7. The number of phenols is 1. The maximum Gasteiger partial charge on any atom is 0.343 e. The predicted octanol–water partition coefficient (Wildman–Crippen LogP) is 2.19. The molecule has 1 aromatic carbocycles. The Hall–Kier alpha value is -2.93. The smallest absolute Gasteiger partial charge is 0.343 e. The molecule has 2 heterocycles. The van der Waals surface area contributed by atoms with Crippen molar-refractivity contribution in [3.63, 3.8) is 0 Å². The van der Waals surface area contributed by atoms with E-state index in [1.54, 1.807) is 39.1 Å². The Morgan fingerprint density at radius 2 is 2.04 bits per heavy atom. The quantitative estimate of drug-likeness (QED) is 0.637. The van der Waals surface area contributed by atoms with Gasteiger partial charge in [0, 0.05) is 12.6 Å². The average Bonchev–Trinajstić information content (AvgIpc) is 2.63. The zero-order valence-electron chi connectivity index (χ0n) is 15.7. The Morgan fingerprint density at radius 1 is 1.33 bits per heavy atom. The lowest BCUT2D eigenvalue weighted by Gasteiger charge is -2.32. The third-order valence-corrected chi connectivity index (χ3v) is 5.01. The van der Waals surface area contributed by atoms with E-state index in [0.29, 0.717) is 17.1 Å². The molecule has 0 spiro atoms. The van der Waals surface area contributed by atoms with E-state index in [1.165, 1.54) is 10.6 Å². The van der Waals surface area contributed by atoms with Crippen molar-refractivity contribution >= 4 is 17.4 Å². The Morgan fingerprint density at radius 3 is 2.67 bits per heavy atom. The van der Waals surface area contributed by atoms with Crippen molar-refractivity contribution in [3.05, 3.63) is 57.0 Å². The monoisotopic (exact) mass is 370 g/mol. The van der Waals surface area contributed by atoms with Crippen LogP contribution in [0.25, 0.3) is 0 Å². The standard InChI is InChI=1S/C20H22N2O5/c1-5-20(26)15-9-17(22(4)18(24)14(15)10-27-19(20)25)12(3)21-16-7-6-13(23)8-11(16)2/h6-9,23,26H,5,10H2,1-4H3/b21-12+/t20-/m0/s1. The van der Waals surface area contributed by atoms with Crippen LogP contribution in [0.2, 0.25) is 0 Å². The van der Waals surface area contributed by atoms with Gasteiger partial charge in [-0.2, -0.15) is 0 Å². The lowest BCUT2D eigenvalue weighted by Crippen LogP contribution is -2.44. The molecule has 7 heteroatoms. The van der Waals surface area contributed by atoms with Gasteiger partial charge in [-0.1, -0.05) is 6.92 Å². The number of aliphatic imine (C=N–C) groups is 1. The maximum absolute atomic E-state index is 12.8.